The van der Waals surface area contributed by atoms with Crippen LogP contribution in [0.1, 0.15) is 25.5 Å². The molecule has 0 amide bonds. The van der Waals surface area contributed by atoms with Gasteiger partial charge in [0.05, 0.1) is 0 Å². The molecule has 1 saturated heterocycles. The first kappa shape index (κ1) is 11.6. The highest BCUT2D eigenvalue weighted by molar-refractivity contribution is 6.28. The molecular formula is C11H17ClN4. The summed E-state index contributed by atoms with van der Waals surface area (Å²) in [6.45, 7) is 3.94. The Hall–Kier alpha value is -0.870. The molecule has 1 unspecified atom stereocenters. The molecule has 1 fully saturated rings. The van der Waals surface area contributed by atoms with Gasteiger partial charge in [0.2, 0.25) is 5.28 Å². The second-order valence-corrected chi connectivity index (χ2v) is 4.57. The van der Waals surface area contributed by atoms with E-state index in [1.807, 2.05) is 6.07 Å². The number of rotatable bonds is 3. The molecule has 0 aromatic carbocycles. The van der Waals surface area contributed by atoms with Crippen molar-refractivity contribution in [2.75, 3.05) is 18.0 Å². The van der Waals surface area contributed by atoms with Crippen molar-refractivity contribution in [1.29, 1.82) is 0 Å². The van der Waals surface area contributed by atoms with E-state index in [-0.39, 0.29) is 6.04 Å². The van der Waals surface area contributed by atoms with Gasteiger partial charge < -0.3 is 10.6 Å². The number of aromatic nitrogens is 2. The van der Waals surface area contributed by atoms with Crippen LogP contribution in [-0.2, 0) is 6.42 Å². The van der Waals surface area contributed by atoms with E-state index >= 15 is 0 Å². The van der Waals surface area contributed by atoms with Gasteiger partial charge in [-0.1, -0.05) is 13.3 Å². The van der Waals surface area contributed by atoms with Crippen molar-refractivity contribution in [3.63, 3.8) is 0 Å². The highest BCUT2D eigenvalue weighted by atomic mass is 35.5. The molecule has 0 saturated carbocycles. The van der Waals surface area contributed by atoms with E-state index < -0.39 is 0 Å². The van der Waals surface area contributed by atoms with E-state index in [2.05, 4.69) is 21.8 Å². The maximum Gasteiger partial charge on any atom is 0.224 e. The normalized spacial score (nSPS) is 20.4. The molecule has 0 aliphatic carbocycles. The minimum Gasteiger partial charge on any atom is -0.355 e. The summed E-state index contributed by atoms with van der Waals surface area (Å²) in [6, 6.07) is 2.27. The van der Waals surface area contributed by atoms with Gasteiger partial charge in [-0.25, -0.2) is 9.97 Å². The summed E-state index contributed by atoms with van der Waals surface area (Å²) in [5.41, 5.74) is 6.89. The molecule has 1 aliphatic rings. The van der Waals surface area contributed by atoms with Gasteiger partial charge in [-0.05, 0) is 24.4 Å². The zero-order chi connectivity index (χ0) is 11.5. The van der Waals surface area contributed by atoms with E-state index in [1.165, 1.54) is 0 Å². The van der Waals surface area contributed by atoms with Crippen LogP contribution in [0, 0.1) is 0 Å². The van der Waals surface area contributed by atoms with Gasteiger partial charge in [0.25, 0.3) is 0 Å². The van der Waals surface area contributed by atoms with Gasteiger partial charge >= 0.3 is 0 Å². The van der Waals surface area contributed by atoms with Crippen LogP contribution in [0.2, 0.25) is 5.28 Å². The minimum absolute atomic E-state index is 0.253. The number of aryl methyl sites for hydroxylation is 1. The first-order valence-electron chi connectivity index (χ1n) is 5.73. The van der Waals surface area contributed by atoms with Crippen LogP contribution in [0.5, 0.6) is 0 Å². The summed E-state index contributed by atoms with van der Waals surface area (Å²) in [6.07, 6.45) is 3.02. The van der Waals surface area contributed by atoms with Gasteiger partial charge in [-0.3, -0.25) is 0 Å². The van der Waals surface area contributed by atoms with Crippen molar-refractivity contribution in [2.24, 2.45) is 5.73 Å². The molecule has 2 heterocycles. The third-order valence-electron chi connectivity index (χ3n) is 2.79. The van der Waals surface area contributed by atoms with E-state index in [1.54, 1.807) is 0 Å². The first-order valence-corrected chi connectivity index (χ1v) is 6.11. The SMILES string of the molecule is CCCc1cc(N2CCC(N)C2)nc(Cl)n1. The Kier molecular flexibility index (Phi) is 3.61. The second kappa shape index (κ2) is 4.97. The summed E-state index contributed by atoms with van der Waals surface area (Å²) in [7, 11) is 0. The van der Waals surface area contributed by atoms with Crippen LogP contribution in [0.25, 0.3) is 0 Å². The number of nitrogens with two attached hydrogens (primary N) is 1. The number of nitrogens with zero attached hydrogens (tertiary/aromatic N) is 3. The number of hydrogen-bond acceptors (Lipinski definition) is 4. The van der Waals surface area contributed by atoms with Gasteiger partial charge in [-0.2, -0.15) is 0 Å². The lowest BCUT2D eigenvalue weighted by Crippen LogP contribution is -2.27. The predicted octanol–water partition coefficient (Wildman–Crippen LogP) is 1.62. The topological polar surface area (TPSA) is 55.0 Å². The zero-order valence-corrected chi connectivity index (χ0v) is 10.2. The van der Waals surface area contributed by atoms with Gasteiger partial charge in [0.1, 0.15) is 5.82 Å². The van der Waals surface area contributed by atoms with Crippen LogP contribution in [0.3, 0.4) is 0 Å². The van der Waals surface area contributed by atoms with Gasteiger partial charge in [0, 0.05) is 30.9 Å². The molecule has 1 atom stereocenters. The lowest BCUT2D eigenvalue weighted by atomic mass is 10.2. The molecule has 88 valence electrons. The van der Waals surface area contributed by atoms with Crippen LogP contribution in [0.4, 0.5) is 5.82 Å². The Balaban J connectivity index is 2.20. The fraction of sp³-hybridized carbons (Fsp3) is 0.636. The lowest BCUT2D eigenvalue weighted by molar-refractivity contribution is 0.751. The standard InChI is InChI=1S/C11H17ClN4/c1-2-3-9-6-10(15-11(12)14-9)16-5-4-8(13)7-16/h6,8H,2-5,7,13H2,1H3. The summed E-state index contributed by atoms with van der Waals surface area (Å²) in [5.74, 6) is 0.913. The summed E-state index contributed by atoms with van der Waals surface area (Å²) in [4.78, 5) is 10.6. The molecule has 5 heteroatoms. The number of anilines is 1. The maximum absolute atomic E-state index is 5.92. The molecule has 16 heavy (non-hydrogen) atoms. The first-order chi connectivity index (χ1) is 7.69. The van der Waals surface area contributed by atoms with E-state index in [0.29, 0.717) is 5.28 Å². The second-order valence-electron chi connectivity index (χ2n) is 4.23. The molecule has 1 aromatic rings. The molecule has 1 aromatic heterocycles. The van der Waals surface area contributed by atoms with Crippen molar-refractivity contribution < 1.29 is 0 Å². The molecule has 2 N–H and O–H groups in total. The molecule has 2 rings (SSSR count). The highest BCUT2D eigenvalue weighted by Gasteiger charge is 2.21. The Morgan fingerprint density at radius 3 is 3.00 bits per heavy atom. The zero-order valence-electron chi connectivity index (χ0n) is 9.49. The van der Waals surface area contributed by atoms with Crippen molar-refractivity contribution >= 4 is 17.4 Å². The van der Waals surface area contributed by atoms with E-state index in [4.69, 9.17) is 17.3 Å². The highest BCUT2D eigenvalue weighted by Crippen LogP contribution is 2.20. The van der Waals surface area contributed by atoms with Crippen molar-refractivity contribution in [1.82, 2.24) is 9.97 Å². The van der Waals surface area contributed by atoms with Gasteiger partial charge in [0.15, 0.2) is 0 Å². The lowest BCUT2D eigenvalue weighted by Gasteiger charge is -2.17. The van der Waals surface area contributed by atoms with Crippen molar-refractivity contribution in [3.8, 4) is 0 Å². The number of hydrogen-bond donors (Lipinski definition) is 1. The summed E-state index contributed by atoms with van der Waals surface area (Å²) in [5, 5.41) is 0.335. The Morgan fingerprint density at radius 1 is 1.56 bits per heavy atom. The largest absolute Gasteiger partial charge is 0.355 e. The number of halogens is 1. The predicted molar refractivity (Wildman–Crippen MR) is 65.8 cm³/mol. The smallest absolute Gasteiger partial charge is 0.224 e. The molecular weight excluding hydrogens is 224 g/mol. The Bertz CT molecular complexity index is 369. The fourth-order valence-corrected chi connectivity index (χ4v) is 2.19. The monoisotopic (exact) mass is 240 g/mol. The molecule has 0 radical (unpaired) electrons. The van der Waals surface area contributed by atoms with Crippen molar-refractivity contribution in [3.05, 3.63) is 17.0 Å². The summed E-state index contributed by atoms with van der Waals surface area (Å²) < 4.78 is 0. The average Bonchev–Trinajstić information content (AvgIpc) is 2.64. The molecule has 1 aliphatic heterocycles. The third kappa shape index (κ3) is 2.62. The summed E-state index contributed by atoms with van der Waals surface area (Å²) >= 11 is 5.92. The maximum atomic E-state index is 5.92. The molecule has 4 nitrogen and oxygen atoms in total. The molecule has 0 spiro atoms. The fourth-order valence-electron chi connectivity index (χ4n) is 1.99. The van der Waals surface area contributed by atoms with Crippen LogP contribution in [-0.4, -0.2) is 29.1 Å². The van der Waals surface area contributed by atoms with E-state index in [0.717, 1.165) is 43.9 Å². The van der Waals surface area contributed by atoms with Crippen LogP contribution >= 0.6 is 11.6 Å². The van der Waals surface area contributed by atoms with Crippen LogP contribution in [0.15, 0.2) is 6.07 Å². The Labute approximate surface area is 101 Å². The molecule has 0 bridgehead atoms. The Morgan fingerprint density at radius 2 is 2.38 bits per heavy atom. The third-order valence-corrected chi connectivity index (χ3v) is 2.96. The van der Waals surface area contributed by atoms with E-state index in [9.17, 15) is 0 Å². The van der Waals surface area contributed by atoms with Gasteiger partial charge in [-0.15, -0.1) is 0 Å². The minimum atomic E-state index is 0.253. The average molecular weight is 241 g/mol. The quantitative estimate of drug-likeness (QED) is 0.816. The van der Waals surface area contributed by atoms with Crippen molar-refractivity contribution in [2.45, 2.75) is 32.2 Å². The van der Waals surface area contributed by atoms with Crippen LogP contribution < -0.4 is 10.6 Å².